The van der Waals surface area contributed by atoms with Crippen molar-refractivity contribution in [3.63, 3.8) is 0 Å². The predicted molar refractivity (Wildman–Crippen MR) is 47.7 cm³/mol. The van der Waals surface area contributed by atoms with Gasteiger partial charge in [0.2, 0.25) is 5.91 Å². The molecule has 0 saturated carbocycles. The zero-order valence-corrected chi connectivity index (χ0v) is 7.32. The number of amides is 1. The number of carbonyl (C=O) groups is 1. The van der Waals surface area contributed by atoms with Crippen molar-refractivity contribution in [1.82, 2.24) is 5.32 Å². The monoisotopic (exact) mass is 173 g/mol. The van der Waals surface area contributed by atoms with Crippen LogP contribution in [0.3, 0.4) is 0 Å². The van der Waals surface area contributed by atoms with Gasteiger partial charge in [-0.2, -0.15) is 5.26 Å². The molecule has 3 nitrogen and oxygen atoms in total. The summed E-state index contributed by atoms with van der Waals surface area (Å²) in [5, 5.41) is 12.4. The molecule has 0 saturated heterocycles. The maximum Gasteiger partial charge on any atom is 0.238 e. The fourth-order valence-corrected chi connectivity index (χ4v) is 0.964. The third kappa shape index (κ3) is 2.60. The maximum atomic E-state index is 10.6. The first-order valence-electron chi connectivity index (χ1n) is 3.90. The summed E-state index contributed by atoms with van der Waals surface area (Å²) in [6.07, 6.45) is 0. The summed E-state index contributed by atoms with van der Waals surface area (Å²) in [5.74, 6) is -0.215. The smallest absolute Gasteiger partial charge is 0.238 e. The first kappa shape index (κ1) is 9.27. The van der Waals surface area contributed by atoms with E-state index in [0.717, 1.165) is 5.56 Å². The van der Waals surface area contributed by atoms with Crippen molar-refractivity contribution in [3.8, 4) is 6.07 Å². The number of carbonyl (C=O) groups excluding carboxylic acids is 1. The van der Waals surface area contributed by atoms with Gasteiger partial charge in [0.05, 0.1) is 18.2 Å². The molecule has 0 spiro atoms. The molecule has 1 aromatic rings. The molecule has 3 heteroatoms. The van der Waals surface area contributed by atoms with Crippen LogP contribution in [0.5, 0.6) is 0 Å². The highest BCUT2D eigenvalue weighted by molar-refractivity contribution is 5.72. The van der Waals surface area contributed by atoms with E-state index in [4.69, 9.17) is 5.26 Å². The van der Waals surface area contributed by atoms with Crippen LogP contribution in [0.15, 0.2) is 24.3 Å². The normalized spacial score (nSPS) is 8.92. The zero-order valence-electron chi connectivity index (χ0n) is 7.32. The highest BCUT2D eigenvalue weighted by Gasteiger charge is 2.01. The van der Waals surface area contributed by atoms with Crippen LogP contribution in [0.2, 0.25) is 0 Å². The van der Waals surface area contributed by atoms with Crippen LogP contribution in [0.25, 0.3) is 0 Å². The summed E-state index contributed by atoms with van der Waals surface area (Å²) in [5.41, 5.74) is 1.37. The van der Waals surface area contributed by atoms with Gasteiger partial charge < -0.3 is 0 Å². The molecule has 0 atom stereocenters. The molecule has 0 N–H and O–H groups in total. The summed E-state index contributed by atoms with van der Waals surface area (Å²) in [4.78, 5) is 10.6. The zero-order chi connectivity index (χ0) is 9.68. The number of nitriles is 1. The Morgan fingerprint density at radius 1 is 1.54 bits per heavy atom. The lowest BCUT2D eigenvalue weighted by Crippen LogP contribution is -2.11. The molecule has 0 heterocycles. The Balaban J connectivity index is 2.77. The first-order valence-corrected chi connectivity index (χ1v) is 3.90. The molecule has 1 rings (SSSR count). The van der Waals surface area contributed by atoms with Gasteiger partial charge in [0.15, 0.2) is 0 Å². The molecule has 0 aromatic heterocycles. The highest BCUT2D eigenvalue weighted by atomic mass is 16.1. The molecule has 0 aliphatic heterocycles. The third-order valence-electron chi connectivity index (χ3n) is 1.61. The lowest BCUT2D eigenvalue weighted by molar-refractivity contribution is -0.119. The second kappa shape index (κ2) is 4.27. The van der Waals surface area contributed by atoms with Gasteiger partial charge in [0.25, 0.3) is 0 Å². The van der Waals surface area contributed by atoms with Crippen molar-refractivity contribution < 1.29 is 4.79 Å². The van der Waals surface area contributed by atoms with Crippen LogP contribution in [-0.2, 0) is 11.3 Å². The molecule has 0 bridgehead atoms. The van der Waals surface area contributed by atoms with Crippen molar-refractivity contribution >= 4 is 5.91 Å². The van der Waals surface area contributed by atoms with Gasteiger partial charge in [0.1, 0.15) is 0 Å². The van der Waals surface area contributed by atoms with E-state index in [1.165, 1.54) is 6.92 Å². The maximum absolute atomic E-state index is 10.6. The molecular formula is C10H9N2O. The summed E-state index contributed by atoms with van der Waals surface area (Å²) >= 11 is 0. The number of nitrogens with zero attached hydrogens (tertiary/aromatic N) is 2. The molecule has 1 amide bonds. The first-order chi connectivity index (χ1) is 6.24. The quantitative estimate of drug-likeness (QED) is 0.674. The SMILES string of the molecule is CC(=O)[N]Cc1ccccc1C#N. The van der Waals surface area contributed by atoms with Crippen molar-refractivity contribution in [2.45, 2.75) is 13.5 Å². The van der Waals surface area contributed by atoms with E-state index < -0.39 is 0 Å². The van der Waals surface area contributed by atoms with Crippen molar-refractivity contribution in [3.05, 3.63) is 35.4 Å². The molecule has 1 aromatic carbocycles. The van der Waals surface area contributed by atoms with Crippen molar-refractivity contribution in [2.75, 3.05) is 0 Å². The summed E-state index contributed by atoms with van der Waals surface area (Å²) < 4.78 is 0. The largest absolute Gasteiger partial charge is 0.273 e. The molecule has 0 aliphatic carbocycles. The van der Waals surface area contributed by atoms with E-state index >= 15 is 0 Å². The Morgan fingerprint density at radius 2 is 2.23 bits per heavy atom. The number of benzene rings is 1. The Hall–Kier alpha value is -1.82. The van der Waals surface area contributed by atoms with E-state index in [2.05, 4.69) is 5.32 Å². The Labute approximate surface area is 77.0 Å². The topological polar surface area (TPSA) is 55.0 Å². The molecule has 0 aliphatic rings. The van der Waals surface area contributed by atoms with Crippen LogP contribution >= 0.6 is 0 Å². The van der Waals surface area contributed by atoms with Crippen LogP contribution in [0.4, 0.5) is 0 Å². The van der Waals surface area contributed by atoms with Crippen LogP contribution in [0.1, 0.15) is 18.1 Å². The van der Waals surface area contributed by atoms with Crippen LogP contribution in [-0.4, -0.2) is 5.91 Å². The number of hydrogen-bond donors (Lipinski definition) is 0. The molecular weight excluding hydrogens is 164 g/mol. The predicted octanol–water partition coefficient (Wildman–Crippen LogP) is 1.21. The van der Waals surface area contributed by atoms with Gasteiger partial charge in [-0.05, 0) is 11.6 Å². The minimum atomic E-state index is -0.215. The average Bonchev–Trinajstić information content (AvgIpc) is 2.15. The van der Waals surface area contributed by atoms with Crippen molar-refractivity contribution in [2.24, 2.45) is 0 Å². The van der Waals surface area contributed by atoms with Gasteiger partial charge in [-0.15, -0.1) is 0 Å². The van der Waals surface area contributed by atoms with Gasteiger partial charge in [-0.3, -0.25) is 4.79 Å². The Kier molecular flexibility index (Phi) is 3.04. The minimum absolute atomic E-state index is 0.215. The molecule has 0 unspecified atom stereocenters. The van der Waals surface area contributed by atoms with E-state index in [1.807, 2.05) is 12.1 Å². The van der Waals surface area contributed by atoms with Crippen molar-refractivity contribution in [1.29, 1.82) is 5.26 Å². The van der Waals surface area contributed by atoms with E-state index in [9.17, 15) is 4.79 Å². The van der Waals surface area contributed by atoms with E-state index in [0.29, 0.717) is 12.1 Å². The Morgan fingerprint density at radius 3 is 2.85 bits per heavy atom. The van der Waals surface area contributed by atoms with E-state index in [-0.39, 0.29) is 5.91 Å². The van der Waals surface area contributed by atoms with E-state index in [1.54, 1.807) is 18.2 Å². The summed E-state index contributed by atoms with van der Waals surface area (Å²) in [6, 6.07) is 9.17. The standard InChI is InChI=1S/C10H9N2O/c1-8(13)12-7-10-5-3-2-4-9(10)6-11/h2-5H,7H2,1H3. The number of hydrogen-bond acceptors (Lipinski definition) is 2. The second-order valence-electron chi connectivity index (χ2n) is 2.60. The summed E-state index contributed by atoms with van der Waals surface area (Å²) in [7, 11) is 0. The fourth-order valence-electron chi connectivity index (χ4n) is 0.964. The lowest BCUT2D eigenvalue weighted by atomic mass is 10.1. The second-order valence-corrected chi connectivity index (χ2v) is 2.60. The van der Waals surface area contributed by atoms with Gasteiger partial charge >= 0.3 is 0 Å². The fraction of sp³-hybridized carbons (Fsp3) is 0.200. The number of rotatable bonds is 2. The Bertz CT molecular complexity index is 352. The molecule has 13 heavy (non-hydrogen) atoms. The minimum Gasteiger partial charge on any atom is -0.273 e. The molecule has 65 valence electrons. The van der Waals surface area contributed by atoms with Crippen LogP contribution in [0, 0.1) is 11.3 Å². The highest BCUT2D eigenvalue weighted by Crippen LogP contribution is 2.06. The van der Waals surface area contributed by atoms with Gasteiger partial charge in [-0.25, -0.2) is 5.32 Å². The lowest BCUT2D eigenvalue weighted by Gasteiger charge is -2.00. The van der Waals surface area contributed by atoms with Crippen LogP contribution < -0.4 is 5.32 Å². The van der Waals surface area contributed by atoms with Gasteiger partial charge in [0, 0.05) is 6.92 Å². The third-order valence-corrected chi connectivity index (χ3v) is 1.61. The molecule has 0 fully saturated rings. The summed E-state index contributed by atoms with van der Waals surface area (Å²) in [6.45, 7) is 1.69. The average molecular weight is 173 g/mol. The van der Waals surface area contributed by atoms with Gasteiger partial charge in [-0.1, -0.05) is 18.2 Å². The molecule has 1 radical (unpaired) electrons.